The van der Waals surface area contributed by atoms with Gasteiger partial charge in [0.15, 0.2) is 0 Å². The molecule has 1 fully saturated rings. The van der Waals surface area contributed by atoms with E-state index in [1.807, 2.05) is 0 Å². The molecule has 0 heterocycles. The second-order valence-electron chi connectivity index (χ2n) is 5.21. The number of benzene rings is 1. The zero-order chi connectivity index (χ0) is 13.0. The highest BCUT2D eigenvalue weighted by Gasteiger charge is 2.20. The lowest BCUT2D eigenvalue weighted by atomic mass is 10.1. The van der Waals surface area contributed by atoms with Crippen molar-refractivity contribution in [2.24, 2.45) is 0 Å². The second kappa shape index (κ2) is 6.05. The summed E-state index contributed by atoms with van der Waals surface area (Å²) in [6.45, 7) is 11.5. The van der Waals surface area contributed by atoms with Gasteiger partial charge in [-0.25, -0.2) is 0 Å². The Labute approximate surface area is 111 Å². The van der Waals surface area contributed by atoms with Crippen LogP contribution in [0.2, 0.25) is 0 Å². The summed E-state index contributed by atoms with van der Waals surface area (Å²) in [7, 11) is 0. The molecule has 1 N–H and O–H groups in total. The minimum Gasteiger partial charge on any atom is -0.368 e. The Balaban J connectivity index is 1.91. The Morgan fingerprint density at radius 2 is 2.11 bits per heavy atom. The first-order chi connectivity index (χ1) is 8.70. The highest BCUT2D eigenvalue weighted by Crippen LogP contribution is 2.21. The quantitative estimate of drug-likeness (QED) is 0.741. The standard InChI is InChI=1S/C16H24N2/c1-4-18(16-8-6-5-7-14(16)3)12-13(2)11-17-15-9-10-15/h5-8,15,17H,2,4,9-12H2,1,3H3. The molecule has 2 nitrogen and oxygen atoms in total. The molecular weight excluding hydrogens is 220 g/mol. The Hall–Kier alpha value is -1.28. The summed E-state index contributed by atoms with van der Waals surface area (Å²) < 4.78 is 0. The van der Waals surface area contributed by atoms with E-state index in [1.165, 1.54) is 29.7 Å². The summed E-state index contributed by atoms with van der Waals surface area (Å²) in [4.78, 5) is 2.40. The third-order valence-electron chi connectivity index (χ3n) is 3.47. The lowest BCUT2D eigenvalue weighted by Gasteiger charge is -2.26. The zero-order valence-corrected chi connectivity index (χ0v) is 11.6. The molecule has 0 amide bonds. The van der Waals surface area contributed by atoms with Crippen molar-refractivity contribution >= 4 is 5.69 Å². The molecule has 18 heavy (non-hydrogen) atoms. The molecule has 2 rings (SSSR count). The molecule has 0 radical (unpaired) electrons. The van der Waals surface area contributed by atoms with E-state index in [4.69, 9.17) is 0 Å². The number of hydrogen-bond acceptors (Lipinski definition) is 2. The second-order valence-corrected chi connectivity index (χ2v) is 5.21. The Kier molecular flexibility index (Phi) is 4.43. The van der Waals surface area contributed by atoms with Crippen molar-refractivity contribution in [2.75, 3.05) is 24.5 Å². The number of rotatable bonds is 7. The average molecular weight is 244 g/mol. The molecule has 0 aliphatic heterocycles. The smallest absolute Gasteiger partial charge is 0.0398 e. The summed E-state index contributed by atoms with van der Waals surface area (Å²) in [6, 6.07) is 9.32. The monoisotopic (exact) mass is 244 g/mol. The maximum atomic E-state index is 4.19. The van der Waals surface area contributed by atoms with Crippen molar-refractivity contribution in [3.63, 3.8) is 0 Å². The molecule has 1 saturated carbocycles. The van der Waals surface area contributed by atoms with Gasteiger partial charge in [-0.05, 0) is 43.9 Å². The largest absolute Gasteiger partial charge is 0.368 e. The first kappa shape index (κ1) is 13.2. The molecule has 0 unspecified atom stereocenters. The van der Waals surface area contributed by atoms with Crippen LogP contribution in [-0.4, -0.2) is 25.7 Å². The topological polar surface area (TPSA) is 15.3 Å². The minimum absolute atomic E-state index is 0.760. The van der Waals surface area contributed by atoms with E-state index < -0.39 is 0 Å². The lowest BCUT2D eigenvalue weighted by Crippen LogP contribution is -2.30. The summed E-state index contributed by atoms with van der Waals surface area (Å²) >= 11 is 0. The van der Waals surface area contributed by atoms with Crippen molar-refractivity contribution in [2.45, 2.75) is 32.7 Å². The minimum atomic E-state index is 0.760. The molecule has 0 bridgehead atoms. The first-order valence-electron chi connectivity index (χ1n) is 6.91. The van der Waals surface area contributed by atoms with E-state index in [0.29, 0.717) is 0 Å². The van der Waals surface area contributed by atoms with Gasteiger partial charge in [-0.1, -0.05) is 24.8 Å². The van der Waals surface area contributed by atoms with Gasteiger partial charge in [-0.15, -0.1) is 0 Å². The third-order valence-corrected chi connectivity index (χ3v) is 3.47. The highest BCUT2D eigenvalue weighted by molar-refractivity contribution is 5.53. The Morgan fingerprint density at radius 1 is 1.39 bits per heavy atom. The zero-order valence-electron chi connectivity index (χ0n) is 11.6. The SMILES string of the molecule is C=C(CNC1CC1)CN(CC)c1ccccc1C. The molecule has 1 aliphatic rings. The number of hydrogen-bond donors (Lipinski definition) is 1. The van der Waals surface area contributed by atoms with E-state index in [9.17, 15) is 0 Å². The van der Waals surface area contributed by atoms with E-state index in [-0.39, 0.29) is 0 Å². The van der Waals surface area contributed by atoms with Crippen LogP contribution in [0.25, 0.3) is 0 Å². The highest BCUT2D eigenvalue weighted by atomic mass is 15.1. The molecule has 0 spiro atoms. The van der Waals surface area contributed by atoms with Gasteiger partial charge in [0.05, 0.1) is 0 Å². The molecule has 1 aromatic carbocycles. The number of nitrogens with zero attached hydrogens (tertiary/aromatic N) is 1. The van der Waals surface area contributed by atoms with Crippen LogP contribution in [0.4, 0.5) is 5.69 Å². The average Bonchev–Trinajstić information content (AvgIpc) is 3.18. The first-order valence-corrected chi connectivity index (χ1v) is 6.91. The fourth-order valence-electron chi connectivity index (χ4n) is 2.19. The Bertz CT molecular complexity index is 407. The Morgan fingerprint density at radius 3 is 2.72 bits per heavy atom. The van der Waals surface area contributed by atoms with Crippen LogP contribution >= 0.6 is 0 Å². The number of nitrogens with one attached hydrogen (secondary N) is 1. The maximum absolute atomic E-state index is 4.19. The molecule has 2 heteroatoms. The van der Waals surface area contributed by atoms with Crippen molar-refractivity contribution in [1.82, 2.24) is 5.32 Å². The van der Waals surface area contributed by atoms with Gasteiger partial charge >= 0.3 is 0 Å². The van der Waals surface area contributed by atoms with E-state index in [2.05, 4.69) is 54.9 Å². The van der Waals surface area contributed by atoms with Crippen LogP contribution < -0.4 is 10.2 Å². The van der Waals surface area contributed by atoms with Crippen LogP contribution in [0.5, 0.6) is 0 Å². The van der Waals surface area contributed by atoms with Gasteiger partial charge in [0.2, 0.25) is 0 Å². The molecule has 1 aromatic rings. The fourth-order valence-corrected chi connectivity index (χ4v) is 2.19. The molecule has 0 aromatic heterocycles. The molecular formula is C16H24N2. The number of likely N-dealkylation sites (N-methyl/N-ethyl adjacent to an activating group) is 1. The van der Waals surface area contributed by atoms with Crippen molar-refractivity contribution < 1.29 is 0 Å². The van der Waals surface area contributed by atoms with E-state index in [1.54, 1.807) is 0 Å². The van der Waals surface area contributed by atoms with Crippen molar-refractivity contribution in [1.29, 1.82) is 0 Å². The third kappa shape index (κ3) is 3.61. The van der Waals surface area contributed by atoms with Gasteiger partial charge in [0.25, 0.3) is 0 Å². The van der Waals surface area contributed by atoms with E-state index >= 15 is 0 Å². The summed E-state index contributed by atoms with van der Waals surface area (Å²) in [5, 5.41) is 3.53. The summed E-state index contributed by atoms with van der Waals surface area (Å²) in [5.41, 5.74) is 3.93. The van der Waals surface area contributed by atoms with Crippen LogP contribution in [0.1, 0.15) is 25.3 Å². The fraction of sp³-hybridized carbons (Fsp3) is 0.500. The van der Waals surface area contributed by atoms with Crippen LogP contribution in [-0.2, 0) is 0 Å². The van der Waals surface area contributed by atoms with Crippen LogP contribution in [0, 0.1) is 6.92 Å². The number of aryl methyl sites for hydroxylation is 1. The number of para-hydroxylation sites is 1. The van der Waals surface area contributed by atoms with Crippen molar-refractivity contribution in [3.05, 3.63) is 42.0 Å². The lowest BCUT2D eigenvalue weighted by molar-refractivity contribution is 0.716. The van der Waals surface area contributed by atoms with Crippen LogP contribution in [0.15, 0.2) is 36.4 Å². The summed E-state index contributed by atoms with van der Waals surface area (Å²) in [6.07, 6.45) is 2.67. The van der Waals surface area contributed by atoms with Crippen LogP contribution in [0.3, 0.4) is 0 Å². The molecule has 0 atom stereocenters. The maximum Gasteiger partial charge on any atom is 0.0398 e. The number of anilines is 1. The van der Waals surface area contributed by atoms with Crippen molar-refractivity contribution in [3.8, 4) is 0 Å². The van der Waals surface area contributed by atoms with E-state index in [0.717, 1.165) is 25.7 Å². The molecule has 1 aliphatic carbocycles. The predicted molar refractivity (Wildman–Crippen MR) is 79.2 cm³/mol. The van der Waals surface area contributed by atoms with Gasteiger partial charge in [-0.2, -0.15) is 0 Å². The van der Waals surface area contributed by atoms with Gasteiger partial charge in [-0.3, -0.25) is 0 Å². The molecule has 98 valence electrons. The normalized spacial score (nSPS) is 14.6. The van der Waals surface area contributed by atoms with Gasteiger partial charge in [0, 0.05) is 31.4 Å². The van der Waals surface area contributed by atoms with Gasteiger partial charge < -0.3 is 10.2 Å². The predicted octanol–water partition coefficient (Wildman–Crippen LogP) is 3.13. The summed E-state index contributed by atoms with van der Waals surface area (Å²) in [5.74, 6) is 0. The van der Waals surface area contributed by atoms with Gasteiger partial charge in [0.1, 0.15) is 0 Å². The molecule has 0 saturated heterocycles.